The first kappa shape index (κ1) is 29.0. The average molecular weight is 660 g/mol. The SMILES string of the molecule is CCCOc1ccc(S(=O)(=O)N2CCN(CCCF)CC2)cc1-c1nc2c(CCC)c(I)n(C)c2c(=O)[nH]1. The van der Waals surface area contributed by atoms with Gasteiger partial charge in [-0.25, -0.2) is 13.4 Å². The largest absolute Gasteiger partial charge is 0.493 e. The maximum absolute atomic E-state index is 13.6. The molecule has 1 saturated heterocycles. The maximum Gasteiger partial charge on any atom is 0.275 e. The Morgan fingerprint density at radius 2 is 1.89 bits per heavy atom. The summed E-state index contributed by atoms with van der Waals surface area (Å²) in [5.74, 6) is 0.744. The van der Waals surface area contributed by atoms with Gasteiger partial charge in [-0.3, -0.25) is 9.18 Å². The summed E-state index contributed by atoms with van der Waals surface area (Å²) in [6, 6.07) is 4.73. The number of benzene rings is 1. The summed E-state index contributed by atoms with van der Waals surface area (Å²) in [6.45, 7) is 6.54. The Hall–Kier alpha value is -2.03. The van der Waals surface area contributed by atoms with Gasteiger partial charge in [-0.2, -0.15) is 4.31 Å². The van der Waals surface area contributed by atoms with Crippen molar-refractivity contribution in [3.05, 3.63) is 37.8 Å². The highest BCUT2D eigenvalue weighted by Crippen LogP contribution is 2.33. The summed E-state index contributed by atoms with van der Waals surface area (Å²) in [5.41, 5.74) is 2.26. The van der Waals surface area contributed by atoms with Crippen LogP contribution in [0.3, 0.4) is 0 Å². The lowest BCUT2D eigenvalue weighted by Crippen LogP contribution is -2.48. The van der Waals surface area contributed by atoms with Crippen LogP contribution < -0.4 is 10.3 Å². The first-order valence-electron chi connectivity index (χ1n) is 13.1. The van der Waals surface area contributed by atoms with Crippen LogP contribution in [0, 0.1) is 3.70 Å². The van der Waals surface area contributed by atoms with Gasteiger partial charge in [0.05, 0.1) is 27.4 Å². The number of aryl methyl sites for hydroxylation is 2. The summed E-state index contributed by atoms with van der Waals surface area (Å²) >= 11 is 2.24. The highest BCUT2D eigenvalue weighted by atomic mass is 127. The van der Waals surface area contributed by atoms with Crippen LogP contribution in [0.1, 0.15) is 38.7 Å². The number of hydrogen-bond acceptors (Lipinski definition) is 6. The Morgan fingerprint density at radius 1 is 1.16 bits per heavy atom. The minimum atomic E-state index is -3.79. The quantitative estimate of drug-likeness (QED) is 0.313. The summed E-state index contributed by atoms with van der Waals surface area (Å²) in [6.07, 6.45) is 2.90. The van der Waals surface area contributed by atoms with Crippen molar-refractivity contribution in [2.75, 3.05) is 46.0 Å². The van der Waals surface area contributed by atoms with Gasteiger partial charge >= 0.3 is 0 Å². The Balaban J connectivity index is 1.77. The molecule has 1 aromatic carbocycles. The molecule has 1 N–H and O–H groups in total. The van der Waals surface area contributed by atoms with E-state index < -0.39 is 10.0 Å². The summed E-state index contributed by atoms with van der Waals surface area (Å²) in [7, 11) is -1.95. The minimum absolute atomic E-state index is 0.118. The first-order chi connectivity index (χ1) is 18.2. The molecule has 208 valence electrons. The number of aromatic nitrogens is 3. The van der Waals surface area contributed by atoms with E-state index in [0.717, 1.165) is 28.5 Å². The van der Waals surface area contributed by atoms with Gasteiger partial charge in [0.25, 0.3) is 5.56 Å². The predicted molar refractivity (Wildman–Crippen MR) is 155 cm³/mol. The number of fused-ring (bicyclic) bond motifs is 1. The Bertz CT molecular complexity index is 1450. The Labute approximate surface area is 236 Å². The van der Waals surface area contributed by atoms with Crippen LogP contribution in [0.25, 0.3) is 22.4 Å². The standard InChI is InChI=1S/C26H35FIN5O4S/c1-4-7-19-22-23(31(3)24(19)28)26(34)30-25(29-22)20-17-18(8-9-21(20)37-16-5-2)38(35,36)33-14-12-32(13-15-33)11-6-10-27/h8-9,17H,4-7,10-16H2,1-3H3,(H,29,30,34). The molecular weight excluding hydrogens is 624 g/mol. The van der Waals surface area contributed by atoms with E-state index in [-0.39, 0.29) is 23.0 Å². The predicted octanol–water partition coefficient (Wildman–Crippen LogP) is 3.94. The van der Waals surface area contributed by atoms with Gasteiger partial charge in [0, 0.05) is 45.3 Å². The summed E-state index contributed by atoms with van der Waals surface area (Å²) < 4.78 is 49.9. The second-order valence-corrected chi connectivity index (χ2v) is 12.4. The zero-order valence-electron chi connectivity index (χ0n) is 22.1. The van der Waals surface area contributed by atoms with Gasteiger partial charge in [0.15, 0.2) is 0 Å². The summed E-state index contributed by atoms with van der Waals surface area (Å²) in [5, 5.41) is 0. The number of H-pyrrole nitrogens is 1. The molecule has 0 bridgehead atoms. The van der Waals surface area contributed by atoms with Gasteiger partial charge < -0.3 is 19.2 Å². The fraction of sp³-hybridized carbons (Fsp3) is 0.538. The van der Waals surface area contributed by atoms with E-state index in [1.807, 2.05) is 18.5 Å². The van der Waals surface area contributed by atoms with Crippen molar-refractivity contribution in [1.82, 2.24) is 23.7 Å². The number of hydrogen-bond donors (Lipinski definition) is 1. The third kappa shape index (κ3) is 5.77. The molecule has 12 heteroatoms. The van der Waals surface area contributed by atoms with Crippen molar-refractivity contribution in [3.8, 4) is 17.1 Å². The van der Waals surface area contributed by atoms with Gasteiger partial charge in [0.1, 0.15) is 22.6 Å². The maximum atomic E-state index is 13.6. The molecule has 0 aliphatic carbocycles. The molecule has 0 amide bonds. The van der Waals surface area contributed by atoms with Crippen molar-refractivity contribution >= 4 is 43.6 Å². The number of nitrogens with one attached hydrogen (secondary N) is 1. The molecule has 2 aromatic heterocycles. The third-order valence-corrected chi connectivity index (χ3v) is 10.1. The molecule has 0 spiro atoms. The molecule has 38 heavy (non-hydrogen) atoms. The van der Waals surface area contributed by atoms with E-state index in [2.05, 4.69) is 39.4 Å². The zero-order chi connectivity index (χ0) is 27.4. The molecule has 3 heterocycles. The van der Waals surface area contributed by atoms with Crippen LogP contribution in [0.15, 0.2) is 27.9 Å². The van der Waals surface area contributed by atoms with Gasteiger partial charge in [-0.15, -0.1) is 0 Å². The number of aromatic amines is 1. The van der Waals surface area contributed by atoms with Crippen LogP contribution >= 0.6 is 22.6 Å². The lowest BCUT2D eigenvalue weighted by atomic mass is 10.1. The highest BCUT2D eigenvalue weighted by molar-refractivity contribution is 14.1. The number of rotatable bonds is 11. The minimum Gasteiger partial charge on any atom is -0.493 e. The molecule has 0 saturated carbocycles. The van der Waals surface area contributed by atoms with Crippen LogP contribution in [0.5, 0.6) is 5.75 Å². The normalized spacial score (nSPS) is 15.4. The van der Waals surface area contributed by atoms with Crippen LogP contribution in [-0.4, -0.2) is 78.2 Å². The average Bonchev–Trinajstić information content (AvgIpc) is 3.16. The molecule has 1 aliphatic rings. The number of halogens is 2. The van der Waals surface area contributed by atoms with E-state index in [4.69, 9.17) is 9.72 Å². The molecule has 0 atom stereocenters. The molecule has 0 radical (unpaired) electrons. The van der Waals surface area contributed by atoms with Crippen LogP contribution in [0.2, 0.25) is 0 Å². The van der Waals surface area contributed by atoms with Gasteiger partial charge in [-0.1, -0.05) is 20.3 Å². The van der Waals surface area contributed by atoms with Crippen molar-refractivity contribution < 1.29 is 17.5 Å². The van der Waals surface area contributed by atoms with E-state index in [0.29, 0.717) is 68.1 Å². The smallest absolute Gasteiger partial charge is 0.275 e. The number of piperazine rings is 1. The fourth-order valence-corrected chi connectivity index (χ4v) is 7.02. The molecule has 9 nitrogen and oxygen atoms in total. The monoisotopic (exact) mass is 659 g/mol. The second kappa shape index (κ2) is 12.4. The van der Waals surface area contributed by atoms with Crippen molar-refractivity contribution in [2.24, 2.45) is 7.05 Å². The number of nitrogens with zero attached hydrogens (tertiary/aromatic N) is 4. The third-order valence-electron chi connectivity index (χ3n) is 6.80. The zero-order valence-corrected chi connectivity index (χ0v) is 25.1. The topological polar surface area (TPSA) is 101 Å². The van der Waals surface area contributed by atoms with E-state index in [1.165, 1.54) is 4.31 Å². The highest BCUT2D eigenvalue weighted by Gasteiger charge is 2.30. The lowest BCUT2D eigenvalue weighted by molar-refractivity contribution is 0.182. The number of ether oxygens (including phenoxy) is 1. The Kier molecular flexibility index (Phi) is 9.48. The molecule has 1 fully saturated rings. The first-order valence-corrected chi connectivity index (χ1v) is 15.6. The van der Waals surface area contributed by atoms with E-state index in [1.54, 1.807) is 18.2 Å². The van der Waals surface area contributed by atoms with Gasteiger partial charge in [0.2, 0.25) is 10.0 Å². The fourth-order valence-electron chi connectivity index (χ4n) is 4.80. The van der Waals surface area contributed by atoms with E-state index in [9.17, 15) is 17.6 Å². The lowest BCUT2D eigenvalue weighted by Gasteiger charge is -2.33. The van der Waals surface area contributed by atoms with Crippen molar-refractivity contribution in [1.29, 1.82) is 0 Å². The molecule has 3 aromatic rings. The van der Waals surface area contributed by atoms with Gasteiger partial charge in [-0.05, 0) is 60.1 Å². The van der Waals surface area contributed by atoms with E-state index >= 15 is 0 Å². The molecule has 1 aliphatic heterocycles. The van der Waals surface area contributed by atoms with Crippen molar-refractivity contribution in [3.63, 3.8) is 0 Å². The van der Waals surface area contributed by atoms with Crippen LogP contribution in [0.4, 0.5) is 4.39 Å². The molecule has 4 rings (SSSR count). The molecule has 0 unspecified atom stereocenters. The summed E-state index contributed by atoms with van der Waals surface area (Å²) in [4.78, 5) is 23.1. The number of alkyl halides is 1. The van der Waals surface area contributed by atoms with Crippen molar-refractivity contribution in [2.45, 2.75) is 44.4 Å². The Morgan fingerprint density at radius 3 is 2.55 bits per heavy atom. The number of sulfonamides is 1. The molecular formula is C26H35FIN5O4S. The van der Waals surface area contributed by atoms with Crippen LogP contribution in [-0.2, 0) is 23.5 Å². The second-order valence-electron chi connectivity index (χ2n) is 9.48.